The van der Waals surface area contributed by atoms with E-state index in [2.05, 4.69) is 5.10 Å². The number of aromatic nitrogens is 2. The second-order valence-electron chi connectivity index (χ2n) is 7.96. The van der Waals surface area contributed by atoms with E-state index in [0.29, 0.717) is 44.0 Å². The van der Waals surface area contributed by atoms with Crippen LogP contribution in [0, 0.1) is 0 Å². The summed E-state index contributed by atoms with van der Waals surface area (Å²) in [6.45, 7) is 9.92. The molecule has 11 heteroatoms. The molecule has 1 aromatic heterocycles. The molecule has 0 N–H and O–H groups in total. The number of rotatable bonds is 6. The van der Waals surface area contributed by atoms with Crippen LogP contribution in [0.25, 0.3) is 0 Å². The molecule has 0 unspecified atom stereocenters. The average Bonchev–Trinajstić information content (AvgIpc) is 3.40. The van der Waals surface area contributed by atoms with Gasteiger partial charge in [0.15, 0.2) is 5.69 Å². The number of nitrogens with zero attached hydrogens (tertiary/aromatic N) is 3. The number of esters is 1. The first-order valence-electron chi connectivity index (χ1n) is 10.7. The molecule has 2 fully saturated rings. The summed E-state index contributed by atoms with van der Waals surface area (Å²) < 4.78 is 27.9. The van der Waals surface area contributed by atoms with E-state index in [1.54, 1.807) is 25.7 Å². The van der Waals surface area contributed by atoms with Gasteiger partial charge in [-0.1, -0.05) is 13.8 Å². The number of ether oxygens (including phenoxy) is 1. The van der Waals surface area contributed by atoms with Gasteiger partial charge < -0.3 is 9.64 Å². The molecule has 9 nitrogen and oxygen atoms in total. The standard InChI is InChI=1S/C18H25N3O6S2.C2H6/c1-4-25-16(23)13-12-5-8-21(15(22)14(12)20(3)19-13)9-18(6-7-18)28-17(2)10-26-29(24)27-11-17;1-2/h4-11H2,1-3H3;1-2H3. The van der Waals surface area contributed by atoms with E-state index < -0.39 is 17.3 Å². The van der Waals surface area contributed by atoms with Crippen molar-refractivity contribution >= 4 is 35.0 Å². The molecule has 0 spiro atoms. The summed E-state index contributed by atoms with van der Waals surface area (Å²) in [7, 11) is 1.68. The van der Waals surface area contributed by atoms with Crippen LogP contribution in [-0.2, 0) is 37.9 Å². The maximum atomic E-state index is 13.2. The van der Waals surface area contributed by atoms with Crippen molar-refractivity contribution in [3.8, 4) is 0 Å². The Bertz CT molecular complexity index is 857. The largest absolute Gasteiger partial charge is 0.461 e. The third kappa shape index (κ3) is 5.15. The van der Waals surface area contributed by atoms with Gasteiger partial charge in [-0.2, -0.15) is 9.31 Å². The second-order valence-corrected chi connectivity index (χ2v) is 10.9. The van der Waals surface area contributed by atoms with Crippen molar-refractivity contribution in [2.75, 3.05) is 32.9 Å². The van der Waals surface area contributed by atoms with Crippen molar-refractivity contribution in [3.63, 3.8) is 0 Å². The van der Waals surface area contributed by atoms with Crippen LogP contribution in [0.5, 0.6) is 0 Å². The Morgan fingerprint density at radius 1 is 1.29 bits per heavy atom. The van der Waals surface area contributed by atoms with Gasteiger partial charge in [-0.25, -0.2) is 4.79 Å². The van der Waals surface area contributed by atoms with Gasteiger partial charge >= 0.3 is 17.3 Å². The molecule has 1 aliphatic carbocycles. The zero-order chi connectivity index (χ0) is 22.8. The molecule has 1 aromatic rings. The minimum atomic E-state index is -1.66. The minimum Gasteiger partial charge on any atom is -0.461 e. The van der Waals surface area contributed by atoms with Gasteiger partial charge in [0.05, 0.1) is 24.6 Å². The Kier molecular flexibility index (Phi) is 7.50. The molecule has 174 valence electrons. The second kappa shape index (κ2) is 9.60. The molecular formula is C20H31N3O6S2. The molecule has 0 aromatic carbocycles. The number of hydrogen-bond acceptors (Lipinski definition) is 8. The summed E-state index contributed by atoms with van der Waals surface area (Å²) in [4.78, 5) is 27.2. The topological polar surface area (TPSA) is 100.0 Å². The van der Waals surface area contributed by atoms with Crippen LogP contribution in [0.1, 0.15) is 67.1 Å². The predicted octanol–water partition coefficient (Wildman–Crippen LogP) is 2.27. The zero-order valence-electron chi connectivity index (χ0n) is 18.8. The van der Waals surface area contributed by atoms with Gasteiger partial charge in [-0.3, -0.25) is 17.8 Å². The van der Waals surface area contributed by atoms with Crippen LogP contribution >= 0.6 is 11.8 Å². The molecule has 0 radical (unpaired) electrons. The Labute approximate surface area is 190 Å². The van der Waals surface area contributed by atoms with Crippen molar-refractivity contribution in [1.82, 2.24) is 14.7 Å². The van der Waals surface area contributed by atoms with E-state index in [1.165, 1.54) is 4.68 Å². The third-order valence-electron chi connectivity index (χ3n) is 5.41. The lowest BCUT2D eigenvalue weighted by Gasteiger charge is -2.37. The van der Waals surface area contributed by atoms with Crippen LogP contribution in [0.3, 0.4) is 0 Å². The first-order chi connectivity index (χ1) is 14.8. The lowest BCUT2D eigenvalue weighted by Crippen LogP contribution is -2.46. The molecule has 1 saturated heterocycles. The molecule has 1 amide bonds. The Balaban J connectivity index is 0.00000132. The average molecular weight is 474 g/mol. The van der Waals surface area contributed by atoms with E-state index in [1.807, 2.05) is 25.7 Å². The quantitative estimate of drug-likeness (QED) is 0.580. The first-order valence-corrected chi connectivity index (χ1v) is 12.5. The van der Waals surface area contributed by atoms with Crippen molar-refractivity contribution in [2.24, 2.45) is 7.05 Å². The van der Waals surface area contributed by atoms with Crippen LogP contribution in [0.2, 0.25) is 0 Å². The number of hydrogen-bond donors (Lipinski definition) is 0. The first kappa shape index (κ1) is 24.2. The molecule has 3 aliphatic rings. The molecule has 0 bridgehead atoms. The summed E-state index contributed by atoms with van der Waals surface area (Å²) in [6, 6.07) is 0. The van der Waals surface area contributed by atoms with Gasteiger partial charge in [-0.15, -0.1) is 11.8 Å². The lowest BCUT2D eigenvalue weighted by atomic mass is 10.0. The van der Waals surface area contributed by atoms with Crippen molar-refractivity contribution in [3.05, 3.63) is 17.0 Å². The van der Waals surface area contributed by atoms with E-state index in [0.717, 1.165) is 12.8 Å². The Hall–Kier alpha value is -1.43. The van der Waals surface area contributed by atoms with Gasteiger partial charge in [0.25, 0.3) is 5.91 Å². The lowest BCUT2D eigenvalue weighted by molar-refractivity contribution is 0.0517. The van der Waals surface area contributed by atoms with Crippen molar-refractivity contribution in [2.45, 2.75) is 56.5 Å². The number of fused-ring (bicyclic) bond motifs is 1. The van der Waals surface area contributed by atoms with Crippen molar-refractivity contribution in [1.29, 1.82) is 0 Å². The monoisotopic (exact) mass is 473 g/mol. The molecule has 31 heavy (non-hydrogen) atoms. The fourth-order valence-electron chi connectivity index (χ4n) is 3.87. The van der Waals surface area contributed by atoms with E-state index in [-0.39, 0.29) is 27.7 Å². The normalized spacial score (nSPS) is 26.5. The summed E-state index contributed by atoms with van der Waals surface area (Å²) in [6.07, 6.45) is 2.59. The highest BCUT2D eigenvalue weighted by atomic mass is 32.2. The van der Waals surface area contributed by atoms with Crippen LogP contribution in [0.4, 0.5) is 0 Å². The molecule has 3 heterocycles. The molecule has 4 rings (SSSR count). The highest BCUT2D eigenvalue weighted by Crippen LogP contribution is 2.55. The number of amides is 1. The minimum absolute atomic E-state index is 0.0456. The van der Waals surface area contributed by atoms with E-state index in [4.69, 9.17) is 13.1 Å². The van der Waals surface area contributed by atoms with Gasteiger partial charge in [-0.05, 0) is 33.1 Å². The Morgan fingerprint density at radius 2 is 1.94 bits per heavy atom. The molecule has 1 saturated carbocycles. The molecule has 0 atom stereocenters. The zero-order valence-corrected chi connectivity index (χ0v) is 20.4. The highest BCUT2D eigenvalue weighted by Gasteiger charge is 2.52. The van der Waals surface area contributed by atoms with Crippen LogP contribution in [0.15, 0.2) is 0 Å². The SMILES string of the molecule is CC.CCOC(=O)c1nn(C)c2c1CCN(CC1(SC3(C)COS(=O)OC3)CC1)C2=O. The molecular weight excluding hydrogens is 442 g/mol. The maximum absolute atomic E-state index is 13.2. The number of thioether (sulfide) groups is 1. The van der Waals surface area contributed by atoms with E-state index in [9.17, 15) is 13.8 Å². The summed E-state index contributed by atoms with van der Waals surface area (Å²) >= 11 is 0.0984. The van der Waals surface area contributed by atoms with Crippen LogP contribution < -0.4 is 0 Å². The number of carbonyl (C=O) groups is 2. The van der Waals surface area contributed by atoms with Gasteiger partial charge in [0.1, 0.15) is 5.69 Å². The fourth-order valence-corrected chi connectivity index (χ4v) is 6.60. The summed E-state index contributed by atoms with van der Waals surface area (Å²) in [5, 5.41) is 4.25. The smallest absolute Gasteiger partial charge is 0.359 e. The molecule has 2 aliphatic heterocycles. The third-order valence-corrected chi connectivity index (χ3v) is 7.73. The highest BCUT2D eigenvalue weighted by molar-refractivity contribution is 8.02. The van der Waals surface area contributed by atoms with Crippen LogP contribution in [-0.4, -0.2) is 73.2 Å². The van der Waals surface area contributed by atoms with Gasteiger partial charge in [0.2, 0.25) is 0 Å². The summed E-state index contributed by atoms with van der Waals surface area (Å²) in [5.74, 6) is -0.589. The number of aryl methyl sites for hydroxylation is 1. The van der Waals surface area contributed by atoms with Gasteiger partial charge in [0, 0.05) is 30.4 Å². The Morgan fingerprint density at radius 3 is 2.52 bits per heavy atom. The maximum Gasteiger partial charge on any atom is 0.359 e. The summed E-state index contributed by atoms with van der Waals surface area (Å²) in [5.41, 5.74) is 1.38. The predicted molar refractivity (Wildman–Crippen MR) is 118 cm³/mol. The number of carbonyl (C=O) groups excluding carboxylic acids is 2. The van der Waals surface area contributed by atoms with Crippen molar-refractivity contribution < 1.29 is 26.9 Å². The van der Waals surface area contributed by atoms with E-state index >= 15 is 0 Å². The fraction of sp³-hybridized carbons (Fsp3) is 0.750.